The van der Waals surface area contributed by atoms with Crippen LogP contribution in [-0.4, -0.2) is 55.5 Å². The van der Waals surface area contributed by atoms with Crippen LogP contribution in [0.2, 0.25) is 30.7 Å². The van der Waals surface area contributed by atoms with E-state index in [4.69, 9.17) is 25.8 Å². The molecule has 3 aromatic heterocycles. The first-order valence-corrected chi connectivity index (χ1v) is 15.5. The fourth-order valence-corrected chi connectivity index (χ4v) is 4.75. The summed E-state index contributed by atoms with van der Waals surface area (Å²) < 4.78 is 32.3. The molecule has 0 aromatic carbocycles. The van der Waals surface area contributed by atoms with Crippen LogP contribution in [0.3, 0.4) is 0 Å². The third-order valence-electron chi connectivity index (χ3n) is 5.87. The smallest absolute Gasteiger partial charge is 0.231 e. The third kappa shape index (κ3) is 5.60. The normalized spacial score (nSPS) is 17.5. The van der Waals surface area contributed by atoms with Crippen LogP contribution >= 0.6 is 11.6 Å². The van der Waals surface area contributed by atoms with E-state index >= 15 is 0 Å². The molecular weight excluding hydrogens is 491 g/mol. The molecule has 1 fully saturated rings. The van der Waals surface area contributed by atoms with Gasteiger partial charge in [0.25, 0.3) is 0 Å². The highest BCUT2D eigenvalue weighted by atomic mass is 35.5. The minimum atomic E-state index is -1.25. The van der Waals surface area contributed by atoms with E-state index in [9.17, 15) is 9.18 Å². The summed E-state index contributed by atoms with van der Waals surface area (Å²) in [6.07, 6.45) is 2.53. The molecule has 35 heavy (non-hydrogen) atoms. The first-order valence-electron chi connectivity index (χ1n) is 11.4. The molecule has 0 bridgehead atoms. The lowest BCUT2D eigenvalue weighted by Crippen LogP contribution is -2.22. The van der Waals surface area contributed by atoms with Gasteiger partial charge in [-0.1, -0.05) is 31.2 Å². The van der Waals surface area contributed by atoms with Gasteiger partial charge in [0, 0.05) is 31.8 Å². The number of pyridine rings is 2. The number of carbonyl (C=O) groups is 1. The molecule has 1 aliphatic rings. The molecule has 188 valence electrons. The average molecular weight is 521 g/mol. The maximum absolute atomic E-state index is 13.3. The van der Waals surface area contributed by atoms with Crippen LogP contribution in [0.1, 0.15) is 6.42 Å². The van der Waals surface area contributed by atoms with Gasteiger partial charge < -0.3 is 24.1 Å². The summed E-state index contributed by atoms with van der Waals surface area (Å²) in [6.45, 7) is 7.78. The zero-order valence-corrected chi connectivity index (χ0v) is 22.3. The van der Waals surface area contributed by atoms with Gasteiger partial charge in [-0.25, -0.2) is 14.4 Å². The number of aromatic nitrogens is 3. The molecule has 0 saturated heterocycles. The van der Waals surface area contributed by atoms with Gasteiger partial charge in [0.1, 0.15) is 29.4 Å². The number of nitrogens with one attached hydrogen (secondary N) is 1. The molecule has 1 aliphatic carbocycles. The van der Waals surface area contributed by atoms with Crippen molar-refractivity contribution in [3.63, 3.8) is 0 Å². The zero-order chi connectivity index (χ0) is 25.3. The van der Waals surface area contributed by atoms with Crippen molar-refractivity contribution in [2.24, 2.45) is 5.92 Å². The number of halogens is 2. The monoisotopic (exact) mass is 520 g/mol. The SMILES string of the molecule is COc1ncc(Cl)c(OC)c1-c1cn(COCC[Si](C)(C)C)c2nc(NC(=O)C3CC3F)ccc12. The number of rotatable bonds is 10. The molecule has 1 amide bonds. The number of amides is 1. The molecule has 1 saturated carbocycles. The van der Waals surface area contributed by atoms with Crippen molar-refractivity contribution in [3.05, 3.63) is 29.5 Å². The Morgan fingerprint density at radius 1 is 1.29 bits per heavy atom. The van der Waals surface area contributed by atoms with Crippen molar-refractivity contribution in [1.29, 1.82) is 0 Å². The molecule has 8 nitrogen and oxygen atoms in total. The van der Waals surface area contributed by atoms with Crippen LogP contribution in [0.4, 0.5) is 10.2 Å². The van der Waals surface area contributed by atoms with Crippen molar-refractivity contribution in [3.8, 4) is 22.8 Å². The Morgan fingerprint density at radius 2 is 2.03 bits per heavy atom. The number of nitrogens with zero attached hydrogens (tertiary/aromatic N) is 3. The second-order valence-corrected chi connectivity index (χ2v) is 15.8. The number of alkyl halides is 1. The number of carbonyl (C=O) groups excluding carboxylic acids is 1. The first-order chi connectivity index (χ1) is 16.6. The van der Waals surface area contributed by atoms with Crippen LogP contribution in [0, 0.1) is 5.92 Å². The Balaban J connectivity index is 1.75. The van der Waals surface area contributed by atoms with Gasteiger partial charge in [0.05, 0.1) is 31.9 Å². The summed E-state index contributed by atoms with van der Waals surface area (Å²) in [5.74, 6) is 0.155. The van der Waals surface area contributed by atoms with Gasteiger partial charge in [-0.2, -0.15) is 0 Å². The number of anilines is 1. The molecule has 0 aliphatic heterocycles. The molecule has 4 rings (SSSR count). The fourth-order valence-electron chi connectivity index (χ4n) is 3.77. The van der Waals surface area contributed by atoms with Crippen LogP contribution in [0.25, 0.3) is 22.2 Å². The van der Waals surface area contributed by atoms with E-state index in [-0.39, 0.29) is 19.1 Å². The van der Waals surface area contributed by atoms with Crippen LogP contribution in [0.5, 0.6) is 11.6 Å². The van der Waals surface area contributed by atoms with Gasteiger partial charge in [0.2, 0.25) is 11.8 Å². The number of fused-ring (bicyclic) bond motifs is 1. The van der Waals surface area contributed by atoms with Crippen molar-refractivity contribution in [2.75, 3.05) is 26.1 Å². The largest absolute Gasteiger partial charge is 0.494 e. The van der Waals surface area contributed by atoms with Crippen molar-refractivity contribution < 1.29 is 23.4 Å². The highest BCUT2D eigenvalue weighted by Crippen LogP contribution is 2.44. The quantitative estimate of drug-likeness (QED) is 0.285. The number of hydrogen-bond acceptors (Lipinski definition) is 6. The molecule has 11 heteroatoms. The minimum Gasteiger partial charge on any atom is -0.494 e. The Kier molecular flexibility index (Phi) is 7.34. The van der Waals surface area contributed by atoms with E-state index in [1.165, 1.54) is 20.4 Å². The average Bonchev–Trinajstić information content (AvgIpc) is 3.44. The predicted molar refractivity (Wildman–Crippen MR) is 137 cm³/mol. The van der Waals surface area contributed by atoms with Gasteiger partial charge in [-0.15, -0.1) is 0 Å². The molecule has 1 N–H and O–H groups in total. The standard InChI is InChI=1S/C24H30ClFN4O4Si/c1-32-21-17(25)11-27-24(33-2)20(21)16-12-30(13-34-8-9-35(3,4)5)22-14(16)6-7-19(28-22)29-23(31)15-10-18(15)26/h6-7,11-12,15,18H,8-10,13H2,1-5H3,(H,28,29,31). The molecule has 3 heterocycles. The maximum Gasteiger partial charge on any atom is 0.231 e. The minimum absolute atomic E-state index is 0.251. The van der Waals surface area contributed by atoms with E-state index in [2.05, 4.69) is 34.9 Å². The molecule has 3 aromatic rings. The highest BCUT2D eigenvalue weighted by Gasteiger charge is 2.43. The summed E-state index contributed by atoms with van der Waals surface area (Å²) in [4.78, 5) is 21.2. The lowest BCUT2D eigenvalue weighted by atomic mass is 10.1. The number of ether oxygens (including phenoxy) is 3. The third-order valence-corrected chi connectivity index (χ3v) is 7.84. The van der Waals surface area contributed by atoms with E-state index < -0.39 is 20.2 Å². The van der Waals surface area contributed by atoms with Crippen LogP contribution in [0.15, 0.2) is 24.5 Å². The fraction of sp³-hybridized carbons (Fsp3) is 0.458. The summed E-state index contributed by atoms with van der Waals surface area (Å²) in [5.41, 5.74) is 1.92. The van der Waals surface area contributed by atoms with E-state index in [0.717, 1.165) is 17.0 Å². The Morgan fingerprint density at radius 3 is 2.66 bits per heavy atom. The van der Waals surface area contributed by atoms with Crippen LogP contribution < -0.4 is 14.8 Å². The van der Waals surface area contributed by atoms with E-state index in [1.54, 1.807) is 6.07 Å². The molecule has 2 atom stereocenters. The van der Waals surface area contributed by atoms with Gasteiger partial charge >= 0.3 is 0 Å². The van der Waals surface area contributed by atoms with E-state index in [1.807, 2.05) is 16.8 Å². The molecular formula is C24H30ClFN4O4Si. The number of methoxy groups -OCH3 is 2. The lowest BCUT2D eigenvalue weighted by molar-refractivity contribution is -0.117. The zero-order valence-electron chi connectivity index (χ0n) is 20.5. The summed E-state index contributed by atoms with van der Waals surface area (Å²) >= 11 is 6.38. The van der Waals surface area contributed by atoms with Crippen molar-refractivity contribution in [2.45, 2.75) is 45.0 Å². The Hall–Kier alpha value is -2.69. The predicted octanol–water partition coefficient (Wildman–Crippen LogP) is 5.38. The second kappa shape index (κ2) is 10.1. The topological polar surface area (TPSA) is 87.5 Å². The Labute approximate surface area is 209 Å². The second-order valence-electron chi connectivity index (χ2n) is 9.80. The Bertz CT molecular complexity index is 1250. The van der Waals surface area contributed by atoms with Gasteiger partial charge in [-0.05, 0) is 24.6 Å². The van der Waals surface area contributed by atoms with Crippen LogP contribution in [-0.2, 0) is 16.3 Å². The van der Waals surface area contributed by atoms with Crippen molar-refractivity contribution >= 4 is 42.4 Å². The molecule has 0 spiro atoms. The summed E-state index contributed by atoms with van der Waals surface area (Å²) in [6, 6.07) is 4.55. The lowest BCUT2D eigenvalue weighted by Gasteiger charge is -2.15. The van der Waals surface area contributed by atoms with Gasteiger partial charge in [-0.3, -0.25) is 4.79 Å². The molecule has 0 radical (unpaired) electrons. The first kappa shape index (κ1) is 25.4. The summed E-state index contributed by atoms with van der Waals surface area (Å²) in [7, 11) is 1.81. The number of hydrogen-bond donors (Lipinski definition) is 1. The highest BCUT2D eigenvalue weighted by molar-refractivity contribution is 6.76. The maximum atomic E-state index is 13.3. The summed E-state index contributed by atoms with van der Waals surface area (Å²) in [5, 5.41) is 3.84. The van der Waals surface area contributed by atoms with E-state index in [0.29, 0.717) is 40.3 Å². The molecule has 2 unspecified atom stereocenters. The van der Waals surface area contributed by atoms with Crippen molar-refractivity contribution in [1.82, 2.24) is 14.5 Å². The van der Waals surface area contributed by atoms with Gasteiger partial charge in [0.15, 0.2) is 5.75 Å².